The van der Waals surface area contributed by atoms with Crippen molar-refractivity contribution in [1.29, 1.82) is 0 Å². The van der Waals surface area contributed by atoms with Gasteiger partial charge in [-0.25, -0.2) is 0 Å². The molecule has 0 spiro atoms. The zero-order valence-electron chi connectivity index (χ0n) is 8.24. The molecule has 0 saturated heterocycles. The molecule has 1 unspecified atom stereocenters. The van der Waals surface area contributed by atoms with Gasteiger partial charge < -0.3 is 12.1 Å². The Bertz CT molecular complexity index is 244. The molecule has 4 N–H and O–H groups in total. The summed E-state index contributed by atoms with van der Waals surface area (Å²) in [5, 5.41) is 3.45. The summed E-state index contributed by atoms with van der Waals surface area (Å²) in [4.78, 5) is 8.90. The van der Waals surface area contributed by atoms with E-state index in [1.165, 1.54) is 13.6 Å². The molecule has 0 aromatic heterocycles. The van der Waals surface area contributed by atoms with Gasteiger partial charge in [-0.1, -0.05) is 0 Å². The number of hydrogen-bond donors (Lipinski definition) is 3. The third kappa shape index (κ3) is 7.21. The molecular formula is C4H11N3NaO2PS. The Balaban J connectivity index is -0.000000500. The minimum Gasteiger partial charge on any atom is -1.00 e. The molecule has 66 valence electrons. The Morgan fingerprint density at radius 1 is 1.83 bits per heavy atom. The van der Waals surface area contributed by atoms with Crippen LogP contribution in [0.2, 0.25) is 0 Å². The van der Waals surface area contributed by atoms with Gasteiger partial charge in [0.25, 0.3) is 0 Å². The second-order valence-electron chi connectivity index (χ2n) is 2.01. The van der Waals surface area contributed by atoms with Crippen LogP contribution >= 0.6 is 19.6 Å². The Kier molecular flexibility index (Phi) is 7.61. The molecule has 0 bridgehead atoms. The molecule has 0 aliphatic heterocycles. The van der Waals surface area contributed by atoms with Crippen molar-refractivity contribution in [3.05, 3.63) is 0 Å². The van der Waals surface area contributed by atoms with Crippen LogP contribution in [0.15, 0.2) is 5.10 Å². The van der Waals surface area contributed by atoms with E-state index in [1.807, 2.05) is 0 Å². The summed E-state index contributed by atoms with van der Waals surface area (Å²) in [5.74, 6) is 0. The number of hydrogen-bond acceptors (Lipinski definition) is 3. The smallest absolute Gasteiger partial charge is 1.00 e. The number of hydrazone groups is 1. The fraction of sp³-hybridized carbons (Fsp3) is 0.500. The number of nitrogens with two attached hydrogens (primary N) is 1. The Morgan fingerprint density at radius 3 is 2.50 bits per heavy atom. The van der Waals surface area contributed by atoms with Crippen LogP contribution in [-0.2, 0) is 4.57 Å². The van der Waals surface area contributed by atoms with E-state index in [9.17, 15) is 4.57 Å². The van der Waals surface area contributed by atoms with Gasteiger partial charge in [-0.15, -0.1) is 0 Å². The minimum atomic E-state index is -3.24. The molecule has 0 heterocycles. The van der Waals surface area contributed by atoms with Crippen LogP contribution in [0.1, 0.15) is 8.35 Å². The van der Waals surface area contributed by atoms with Crippen molar-refractivity contribution in [2.75, 3.05) is 6.66 Å². The van der Waals surface area contributed by atoms with E-state index < -0.39 is 7.37 Å². The molecule has 0 rings (SSSR count). The van der Waals surface area contributed by atoms with Gasteiger partial charge in [0.1, 0.15) is 5.45 Å². The molecule has 0 aliphatic rings. The van der Waals surface area contributed by atoms with E-state index in [2.05, 4.69) is 22.7 Å². The van der Waals surface area contributed by atoms with Gasteiger partial charge in [-0.2, -0.15) is 5.10 Å². The fourth-order valence-electron chi connectivity index (χ4n) is 0.229. The van der Waals surface area contributed by atoms with E-state index >= 15 is 0 Å². The van der Waals surface area contributed by atoms with E-state index in [0.29, 0.717) is 0 Å². The summed E-state index contributed by atoms with van der Waals surface area (Å²) in [6, 6.07) is 0. The van der Waals surface area contributed by atoms with Crippen molar-refractivity contribution in [3.8, 4) is 0 Å². The van der Waals surface area contributed by atoms with Crippen LogP contribution in [0.4, 0.5) is 0 Å². The van der Waals surface area contributed by atoms with Crippen LogP contribution in [0.3, 0.4) is 0 Å². The van der Waals surface area contributed by atoms with Crippen LogP contribution in [-0.4, -0.2) is 22.1 Å². The summed E-state index contributed by atoms with van der Waals surface area (Å²) >= 11 is 4.43. The van der Waals surface area contributed by atoms with Crippen molar-refractivity contribution in [1.82, 2.24) is 5.43 Å². The maximum Gasteiger partial charge on any atom is 1.00 e. The summed E-state index contributed by atoms with van der Waals surface area (Å²) in [7, 11) is -3.24. The number of nitrogens with zero attached hydrogens (tertiary/aromatic N) is 1. The number of rotatable bonds is 2. The van der Waals surface area contributed by atoms with E-state index in [-0.39, 0.29) is 41.5 Å². The molecule has 5 nitrogen and oxygen atoms in total. The summed E-state index contributed by atoms with van der Waals surface area (Å²) in [6.07, 6.45) is 0. The molecule has 0 radical (unpaired) electrons. The molecule has 0 aromatic rings. The van der Waals surface area contributed by atoms with Crippen molar-refractivity contribution in [2.45, 2.75) is 6.92 Å². The van der Waals surface area contributed by atoms with Crippen molar-refractivity contribution < 1.29 is 40.4 Å². The van der Waals surface area contributed by atoms with Crippen LogP contribution in [0, 0.1) is 0 Å². The second kappa shape index (κ2) is 6.07. The zero-order valence-corrected chi connectivity index (χ0v) is 10.9. The molecule has 0 aromatic carbocycles. The molecular weight excluding hydrogens is 208 g/mol. The van der Waals surface area contributed by atoms with Gasteiger partial charge in [0.15, 0.2) is 5.11 Å². The van der Waals surface area contributed by atoms with Crippen molar-refractivity contribution in [3.63, 3.8) is 0 Å². The number of nitrogens with one attached hydrogen (secondary N) is 1. The second-order valence-corrected chi connectivity index (χ2v) is 4.86. The molecule has 8 heteroatoms. The first-order valence-electron chi connectivity index (χ1n) is 2.74. The van der Waals surface area contributed by atoms with E-state index in [1.54, 1.807) is 0 Å². The van der Waals surface area contributed by atoms with Gasteiger partial charge in [0.2, 0.25) is 7.37 Å². The average Bonchev–Trinajstić information content (AvgIpc) is 1.80. The first kappa shape index (κ1) is 15.0. The molecule has 0 aliphatic carbocycles. The normalized spacial score (nSPS) is 15.8. The van der Waals surface area contributed by atoms with Crippen LogP contribution in [0.25, 0.3) is 0 Å². The Morgan fingerprint density at radius 2 is 2.25 bits per heavy atom. The van der Waals surface area contributed by atoms with Gasteiger partial charge in [0.05, 0.1) is 0 Å². The third-order valence-electron chi connectivity index (χ3n) is 0.928. The van der Waals surface area contributed by atoms with Gasteiger partial charge in [0, 0.05) is 6.66 Å². The maximum atomic E-state index is 10.8. The largest absolute Gasteiger partial charge is 1.00 e. The van der Waals surface area contributed by atoms with Gasteiger partial charge in [-0.05, 0) is 19.1 Å². The molecule has 0 saturated carbocycles. The average molecular weight is 219 g/mol. The summed E-state index contributed by atoms with van der Waals surface area (Å²) in [5.41, 5.74) is 7.33. The first-order valence-corrected chi connectivity index (χ1v) is 5.26. The predicted octanol–water partition coefficient (Wildman–Crippen LogP) is -2.83. The van der Waals surface area contributed by atoms with Crippen LogP contribution in [0.5, 0.6) is 0 Å². The van der Waals surface area contributed by atoms with Crippen LogP contribution < -0.4 is 40.7 Å². The zero-order chi connectivity index (χ0) is 9.07. The standard InChI is InChI=1S/C4H10N3O2PS.Na.H/c1-3(10(2,8)9)6-7-4(5)11;;/h1-2H3,(H,8,9)(H3,5,7,11);;/q;+1;-1. The summed E-state index contributed by atoms with van der Waals surface area (Å²) in [6.45, 7) is 2.61. The molecule has 0 amide bonds. The molecule has 12 heavy (non-hydrogen) atoms. The first-order chi connectivity index (χ1) is 4.84. The topological polar surface area (TPSA) is 87.7 Å². The SMILES string of the molecule is CC(=NNC(N)=S)P(C)(=O)O.[H-].[Na+]. The maximum absolute atomic E-state index is 10.8. The summed E-state index contributed by atoms with van der Waals surface area (Å²) < 4.78 is 10.8. The predicted molar refractivity (Wildman–Crippen MR) is 49.9 cm³/mol. The minimum absolute atomic E-state index is 0. The van der Waals surface area contributed by atoms with Gasteiger partial charge in [-0.3, -0.25) is 9.99 Å². The molecule has 1 atom stereocenters. The van der Waals surface area contributed by atoms with Gasteiger partial charge >= 0.3 is 29.6 Å². The third-order valence-corrected chi connectivity index (χ3v) is 2.32. The van der Waals surface area contributed by atoms with E-state index in [0.717, 1.165) is 0 Å². The number of thiocarbonyl (C=S) groups is 1. The Labute approximate surface area is 100 Å². The van der Waals surface area contributed by atoms with E-state index in [4.69, 9.17) is 10.6 Å². The fourth-order valence-corrected chi connectivity index (χ4v) is 0.510. The quantitative estimate of drug-likeness (QED) is 0.153. The van der Waals surface area contributed by atoms with Crippen molar-refractivity contribution in [2.24, 2.45) is 10.8 Å². The molecule has 0 fully saturated rings. The Hall–Kier alpha value is 0.550. The van der Waals surface area contributed by atoms with Crippen molar-refractivity contribution >= 4 is 30.2 Å². The monoisotopic (exact) mass is 219 g/mol.